The number of methoxy groups -OCH3 is 3. The number of aromatic nitrogens is 3. The number of ether oxygens (including phenoxy) is 3. The fraction of sp³-hybridized carbons (Fsp3) is 0.200. The van der Waals surface area contributed by atoms with Gasteiger partial charge in [-0.3, -0.25) is 9.78 Å². The van der Waals surface area contributed by atoms with Crippen LogP contribution in [0.1, 0.15) is 16.1 Å². The summed E-state index contributed by atoms with van der Waals surface area (Å²) in [6.07, 6.45) is 3.44. The molecule has 0 bridgehead atoms. The van der Waals surface area contributed by atoms with Gasteiger partial charge in [-0.2, -0.15) is 0 Å². The summed E-state index contributed by atoms with van der Waals surface area (Å²) >= 11 is 0. The number of rotatable bonds is 8. The SMILES string of the molecule is COc1cc(NC(=O)c2ccc(NCc3ccncc3)nn2)cc(OC)c1OC. The number of benzene rings is 1. The summed E-state index contributed by atoms with van der Waals surface area (Å²) in [4.78, 5) is 16.5. The Morgan fingerprint density at radius 3 is 2.17 bits per heavy atom. The molecule has 9 heteroatoms. The van der Waals surface area contributed by atoms with Crippen molar-refractivity contribution >= 4 is 17.4 Å². The Labute approximate surface area is 168 Å². The minimum atomic E-state index is -0.410. The molecule has 3 rings (SSSR count). The van der Waals surface area contributed by atoms with Gasteiger partial charge in [0.15, 0.2) is 17.2 Å². The van der Waals surface area contributed by atoms with E-state index in [-0.39, 0.29) is 5.69 Å². The predicted octanol–water partition coefficient (Wildman–Crippen LogP) is 2.76. The van der Waals surface area contributed by atoms with Gasteiger partial charge in [-0.05, 0) is 29.8 Å². The van der Waals surface area contributed by atoms with E-state index < -0.39 is 5.91 Å². The van der Waals surface area contributed by atoms with E-state index in [1.807, 2.05) is 12.1 Å². The van der Waals surface area contributed by atoms with E-state index in [0.29, 0.717) is 35.3 Å². The minimum absolute atomic E-state index is 0.174. The molecule has 1 aromatic carbocycles. The van der Waals surface area contributed by atoms with Crippen molar-refractivity contribution in [2.24, 2.45) is 0 Å². The van der Waals surface area contributed by atoms with E-state index in [0.717, 1.165) is 5.56 Å². The number of pyridine rings is 1. The zero-order valence-electron chi connectivity index (χ0n) is 16.3. The molecule has 1 amide bonds. The van der Waals surface area contributed by atoms with E-state index in [1.165, 1.54) is 21.3 Å². The third-order valence-corrected chi connectivity index (χ3v) is 4.04. The van der Waals surface area contributed by atoms with Crippen LogP contribution in [0.3, 0.4) is 0 Å². The molecule has 0 aliphatic rings. The molecule has 2 heterocycles. The maximum Gasteiger partial charge on any atom is 0.276 e. The normalized spacial score (nSPS) is 10.2. The van der Waals surface area contributed by atoms with Crippen LogP contribution >= 0.6 is 0 Å². The standard InChI is InChI=1S/C20H21N5O4/c1-27-16-10-14(11-17(28-2)19(16)29-3)23-20(26)15-4-5-18(25-24-15)22-12-13-6-8-21-9-7-13/h4-11H,12H2,1-3H3,(H,22,25)(H,23,26). The van der Waals surface area contributed by atoms with Crippen molar-refractivity contribution in [3.8, 4) is 17.2 Å². The topological polar surface area (TPSA) is 107 Å². The minimum Gasteiger partial charge on any atom is -0.493 e. The molecule has 0 unspecified atom stereocenters. The average Bonchev–Trinajstić information content (AvgIpc) is 2.77. The van der Waals surface area contributed by atoms with Crippen LogP contribution in [0.25, 0.3) is 0 Å². The number of nitrogens with one attached hydrogen (secondary N) is 2. The van der Waals surface area contributed by atoms with Crippen LogP contribution in [0.2, 0.25) is 0 Å². The third kappa shape index (κ3) is 4.89. The lowest BCUT2D eigenvalue weighted by atomic mass is 10.2. The van der Waals surface area contributed by atoms with Gasteiger partial charge in [0.25, 0.3) is 5.91 Å². The summed E-state index contributed by atoms with van der Waals surface area (Å²) in [7, 11) is 4.52. The number of nitrogens with zero attached hydrogens (tertiary/aromatic N) is 3. The molecular formula is C20H21N5O4. The van der Waals surface area contributed by atoms with Gasteiger partial charge in [0.2, 0.25) is 5.75 Å². The fourth-order valence-corrected chi connectivity index (χ4v) is 2.59. The van der Waals surface area contributed by atoms with Crippen molar-refractivity contribution in [1.29, 1.82) is 0 Å². The molecule has 29 heavy (non-hydrogen) atoms. The van der Waals surface area contributed by atoms with Gasteiger partial charge < -0.3 is 24.8 Å². The second-order valence-electron chi connectivity index (χ2n) is 5.88. The molecule has 3 aromatic rings. The quantitative estimate of drug-likeness (QED) is 0.600. The summed E-state index contributed by atoms with van der Waals surface area (Å²) < 4.78 is 15.9. The summed E-state index contributed by atoms with van der Waals surface area (Å²) in [5.41, 5.74) is 1.71. The van der Waals surface area contributed by atoms with Gasteiger partial charge in [0, 0.05) is 36.8 Å². The zero-order valence-corrected chi connectivity index (χ0v) is 16.3. The van der Waals surface area contributed by atoms with Crippen LogP contribution in [0, 0.1) is 0 Å². The molecule has 0 atom stereocenters. The predicted molar refractivity (Wildman–Crippen MR) is 108 cm³/mol. The smallest absolute Gasteiger partial charge is 0.276 e. The highest BCUT2D eigenvalue weighted by atomic mass is 16.5. The van der Waals surface area contributed by atoms with E-state index >= 15 is 0 Å². The van der Waals surface area contributed by atoms with Crippen LogP contribution < -0.4 is 24.8 Å². The number of amides is 1. The molecule has 0 saturated carbocycles. The zero-order chi connectivity index (χ0) is 20.6. The van der Waals surface area contributed by atoms with Crippen molar-refractivity contribution in [2.75, 3.05) is 32.0 Å². The average molecular weight is 395 g/mol. The molecule has 2 aromatic heterocycles. The van der Waals surface area contributed by atoms with E-state index in [1.54, 1.807) is 36.7 Å². The Morgan fingerprint density at radius 1 is 0.931 bits per heavy atom. The molecule has 0 saturated heterocycles. The van der Waals surface area contributed by atoms with Crippen LogP contribution in [-0.2, 0) is 6.54 Å². The molecule has 0 spiro atoms. The summed E-state index contributed by atoms with van der Waals surface area (Å²) in [6.45, 7) is 0.578. The lowest BCUT2D eigenvalue weighted by Crippen LogP contribution is -2.15. The highest BCUT2D eigenvalue weighted by Crippen LogP contribution is 2.39. The van der Waals surface area contributed by atoms with Gasteiger partial charge in [-0.1, -0.05) is 0 Å². The Kier molecular flexibility index (Phi) is 6.41. The molecule has 0 fully saturated rings. The van der Waals surface area contributed by atoms with Crippen molar-refractivity contribution in [3.63, 3.8) is 0 Å². The number of anilines is 2. The van der Waals surface area contributed by atoms with Gasteiger partial charge in [0.1, 0.15) is 5.82 Å². The van der Waals surface area contributed by atoms with E-state index in [9.17, 15) is 4.79 Å². The molecule has 0 aliphatic carbocycles. The first-order chi connectivity index (χ1) is 14.1. The third-order valence-electron chi connectivity index (χ3n) is 4.04. The van der Waals surface area contributed by atoms with Crippen LogP contribution in [-0.4, -0.2) is 42.4 Å². The van der Waals surface area contributed by atoms with Crippen molar-refractivity contribution in [1.82, 2.24) is 15.2 Å². The van der Waals surface area contributed by atoms with Crippen molar-refractivity contribution in [3.05, 3.63) is 60.0 Å². The van der Waals surface area contributed by atoms with Gasteiger partial charge in [-0.15, -0.1) is 10.2 Å². The number of carbonyl (C=O) groups is 1. The van der Waals surface area contributed by atoms with Crippen LogP contribution in [0.4, 0.5) is 11.5 Å². The van der Waals surface area contributed by atoms with Gasteiger partial charge >= 0.3 is 0 Å². The Morgan fingerprint density at radius 2 is 1.62 bits per heavy atom. The second kappa shape index (κ2) is 9.36. The first-order valence-corrected chi connectivity index (χ1v) is 8.72. The van der Waals surface area contributed by atoms with E-state index in [4.69, 9.17) is 14.2 Å². The molecule has 9 nitrogen and oxygen atoms in total. The number of hydrogen-bond acceptors (Lipinski definition) is 8. The molecule has 2 N–H and O–H groups in total. The van der Waals surface area contributed by atoms with Crippen LogP contribution in [0.15, 0.2) is 48.8 Å². The van der Waals surface area contributed by atoms with Gasteiger partial charge in [0.05, 0.1) is 21.3 Å². The lowest BCUT2D eigenvalue weighted by molar-refractivity contribution is 0.102. The van der Waals surface area contributed by atoms with Crippen molar-refractivity contribution in [2.45, 2.75) is 6.54 Å². The molecule has 150 valence electrons. The van der Waals surface area contributed by atoms with Crippen molar-refractivity contribution < 1.29 is 19.0 Å². The second-order valence-corrected chi connectivity index (χ2v) is 5.88. The number of hydrogen-bond donors (Lipinski definition) is 2. The largest absolute Gasteiger partial charge is 0.493 e. The Bertz CT molecular complexity index is 939. The lowest BCUT2D eigenvalue weighted by Gasteiger charge is -2.14. The van der Waals surface area contributed by atoms with E-state index in [2.05, 4.69) is 25.8 Å². The summed E-state index contributed by atoms with van der Waals surface area (Å²) in [5.74, 6) is 1.46. The Hall–Kier alpha value is -3.88. The highest BCUT2D eigenvalue weighted by Gasteiger charge is 2.16. The van der Waals surface area contributed by atoms with Gasteiger partial charge in [-0.25, -0.2) is 0 Å². The first-order valence-electron chi connectivity index (χ1n) is 8.72. The first kappa shape index (κ1) is 19.9. The van der Waals surface area contributed by atoms with Crippen LogP contribution in [0.5, 0.6) is 17.2 Å². The fourth-order valence-electron chi connectivity index (χ4n) is 2.59. The monoisotopic (exact) mass is 395 g/mol. The maximum absolute atomic E-state index is 12.5. The summed E-state index contributed by atoms with van der Waals surface area (Å²) in [5, 5.41) is 13.9. The maximum atomic E-state index is 12.5. The molecular weight excluding hydrogens is 374 g/mol. The number of carbonyl (C=O) groups excluding carboxylic acids is 1. The highest BCUT2D eigenvalue weighted by molar-refractivity contribution is 6.03. The molecule has 0 aliphatic heterocycles. The summed E-state index contributed by atoms with van der Waals surface area (Å²) in [6, 6.07) is 10.4. The molecule has 0 radical (unpaired) electrons. The Balaban J connectivity index is 1.68.